The van der Waals surface area contributed by atoms with Gasteiger partial charge in [0.2, 0.25) is 5.79 Å². The van der Waals surface area contributed by atoms with Gasteiger partial charge < -0.3 is 18.6 Å². The predicted octanol–water partition coefficient (Wildman–Crippen LogP) is 5.88. The summed E-state index contributed by atoms with van der Waals surface area (Å²) in [4.78, 5) is 0. The highest BCUT2D eigenvalue weighted by Crippen LogP contribution is 2.45. The van der Waals surface area contributed by atoms with Crippen LogP contribution < -0.4 is 0 Å². The third kappa shape index (κ3) is 5.63. The van der Waals surface area contributed by atoms with E-state index in [0.717, 1.165) is 24.8 Å². The average Bonchev–Trinajstić information content (AvgIpc) is 3.07. The number of ether oxygens (including phenoxy) is 3. The van der Waals surface area contributed by atoms with Crippen molar-refractivity contribution in [2.24, 2.45) is 0 Å². The molecular weight excluding hydrogens is 394 g/mol. The van der Waals surface area contributed by atoms with Crippen molar-refractivity contribution in [2.45, 2.75) is 109 Å². The lowest BCUT2D eigenvalue weighted by atomic mass is 9.83. The van der Waals surface area contributed by atoms with Crippen LogP contribution in [0.15, 0.2) is 23.8 Å². The van der Waals surface area contributed by atoms with Crippen molar-refractivity contribution in [1.29, 1.82) is 5.26 Å². The summed E-state index contributed by atoms with van der Waals surface area (Å²) in [5.41, 5.74) is 0.244. The molecule has 0 saturated carbocycles. The van der Waals surface area contributed by atoms with Gasteiger partial charge >= 0.3 is 0 Å². The first-order valence-corrected chi connectivity index (χ1v) is 14.0. The van der Waals surface area contributed by atoms with Gasteiger partial charge in [0.15, 0.2) is 14.4 Å². The SMILES string of the molecule is C/C(=C\C(C#N)O[Si](C)(C)C(C)(C)C)CCC[C@@]1(C)OC(C)(C)C=CC12OCCO2. The summed E-state index contributed by atoms with van der Waals surface area (Å²) in [6.45, 7) is 20.4. The third-order valence-electron chi connectivity index (χ3n) is 6.66. The minimum absolute atomic E-state index is 0.0761. The second kappa shape index (κ2) is 8.88. The maximum Gasteiger partial charge on any atom is 0.217 e. The summed E-state index contributed by atoms with van der Waals surface area (Å²) in [6.07, 6.45) is 8.13. The van der Waals surface area contributed by atoms with E-state index in [4.69, 9.17) is 18.6 Å². The van der Waals surface area contributed by atoms with Gasteiger partial charge in [-0.3, -0.25) is 0 Å². The molecule has 0 amide bonds. The summed E-state index contributed by atoms with van der Waals surface area (Å²) in [5, 5.41) is 9.69. The van der Waals surface area contributed by atoms with Crippen LogP contribution in [-0.4, -0.2) is 44.6 Å². The monoisotopic (exact) mass is 435 g/mol. The van der Waals surface area contributed by atoms with Crippen molar-refractivity contribution in [3.05, 3.63) is 23.8 Å². The van der Waals surface area contributed by atoms with E-state index in [9.17, 15) is 5.26 Å². The molecule has 2 aliphatic heterocycles. The Hall–Kier alpha value is -0.973. The molecule has 2 atom stereocenters. The van der Waals surface area contributed by atoms with Gasteiger partial charge in [-0.15, -0.1) is 0 Å². The van der Waals surface area contributed by atoms with Crippen LogP contribution in [-0.2, 0) is 18.6 Å². The molecule has 0 aliphatic carbocycles. The van der Waals surface area contributed by atoms with Gasteiger partial charge in [0.25, 0.3) is 0 Å². The number of nitriles is 1. The molecule has 6 heteroatoms. The molecule has 5 nitrogen and oxygen atoms in total. The van der Waals surface area contributed by atoms with Gasteiger partial charge in [-0.2, -0.15) is 5.26 Å². The zero-order chi connectivity index (χ0) is 22.8. The lowest BCUT2D eigenvalue weighted by molar-refractivity contribution is -0.285. The second-order valence-electron chi connectivity index (χ2n) is 10.9. The van der Waals surface area contributed by atoms with E-state index in [2.05, 4.69) is 67.6 Å². The maximum atomic E-state index is 9.61. The minimum atomic E-state index is -1.99. The van der Waals surface area contributed by atoms with Gasteiger partial charge in [-0.25, -0.2) is 0 Å². The van der Waals surface area contributed by atoms with Crippen LogP contribution in [0, 0.1) is 11.3 Å². The fraction of sp³-hybridized carbons (Fsp3) is 0.792. The average molecular weight is 436 g/mol. The summed E-state index contributed by atoms with van der Waals surface area (Å²) in [6, 6.07) is 2.32. The molecule has 0 aromatic rings. The van der Waals surface area contributed by atoms with E-state index in [1.165, 1.54) is 0 Å². The molecule has 1 unspecified atom stereocenters. The number of nitrogens with zero attached hydrogens (tertiary/aromatic N) is 1. The molecule has 0 radical (unpaired) electrons. The van der Waals surface area contributed by atoms with Gasteiger partial charge in [0.05, 0.1) is 24.9 Å². The molecule has 0 aromatic carbocycles. The van der Waals surface area contributed by atoms with Crippen molar-refractivity contribution in [2.75, 3.05) is 13.2 Å². The largest absolute Gasteiger partial charge is 0.398 e. The molecule has 30 heavy (non-hydrogen) atoms. The van der Waals surface area contributed by atoms with Crippen LogP contribution in [0.5, 0.6) is 0 Å². The summed E-state index contributed by atoms with van der Waals surface area (Å²) in [5.74, 6) is -0.805. The van der Waals surface area contributed by atoms with E-state index >= 15 is 0 Å². The fourth-order valence-electron chi connectivity index (χ4n) is 3.87. The third-order valence-corrected chi connectivity index (χ3v) is 11.1. The Morgan fingerprint density at radius 3 is 2.33 bits per heavy atom. The molecule has 0 N–H and O–H groups in total. The summed E-state index contributed by atoms with van der Waals surface area (Å²) >= 11 is 0. The first-order chi connectivity index (χ1) is 13.7. The van der Waals surface area contributed by atoms with E-state index < -0.39 is 25.8 Å². The van der Waals surface area contributed by atoms with E-state index in [0.29, 0.717) is 13.2 Å². The van der Waals surface area contributed by atoms with Crippen molar-refractivity contribution < 1.29 is 18.6 Å². The standard InChI is InChI=1S/C24H41NO4Si/c1-19(17-20(18-25)28-30(8,9)21(2,3)4)11-10-12-23(7)24(26-15-16-27-24)14-13-22(5,6)29-23/h13-14,17,20H,10-12,15-16H2,1-9H3/b19-17+/t20?,23-/m1/s1. The van der Waals surface area contributed by atoms with Crippen LogP contribution in [0.2, 0.25) is 18.1 Å². The molecule has 2 aliphatic rings. The van der Waals surface area contributed by atoms with Crippen molar-refractivity contribution in [3.8, 4) is 6.07 Å². The highest BCUT2D eigenvalue weighted by molar-refractivity contribution is 6.74. The molecule has 0 aromatic heterocycles. The first kappa shape index (κ1) is 25.3. The van der Waals surface area contributed by atoms with Gasteiger partial charge in [-0.05, 0) is 77.2 Å². The Bertz CT molecular complexity index is 708. The summed E-state index contributed by atoms with van der Waals surface area (Å²) < 4.78 is 24.7. The van der Waals surface area contributed by atoms with Gasteiger partial charge in [-0.1, -0.05) is 32.4 Å². The Labute approximate surface area is 184 Å². The quantitative estimate of drug-likeness (QED) is 0.369. The lowest BCUT2D eigenvalue weighted by Crippen LogP contribution is -2.59. The van der Waals surface area contributed by atoms with Crippen LogP contribution in [0.25, 0.3) is 0 Å². The molecule has 1 spiro atoms. The maximum absolute atomic E-state index is 9.61. The fourth-order valence-corrected chi connectivity index (χ4v) is 4.97. The zero-order valence-corrected chi connectivity index (χ0v) is 21.4. The zero-order valence-electron chi connectivity index (χ0n) is 20.4. The molecule has 0 bridgehead atoms. The first-order valence-electron chi connectivity index (χ1n) is 11.1. The highest BCUT2D eigenvalue weighted by atomic mass is 28.4. The molecule has 1 fully saturated rings. The van der Waals surface area contributed by atoms with Crippen LogP contribution in [0.3, 0.4) is 0 Å². The Morgan fingerprint density at radius 1 is 1.20 bits per heavy atom. The Morgan fingerprint density at radius 2 is 1.80 bits per heavy atom. The van der Waals surface area contributed by atoms with Crippen molar-refractivity contribution >= 4 is 8.32 Å². The lowest BCUT2D eigenvalue weighted by Gasteiger charge is -2.49. The molecule has 170 valence electrons. The molecule has 2 heterocycles. The smallest absolute Gasteiger partial charge is 0.217 e. The number of allylic oxidation sites excluding steroid dienone is 1. The number of rotatable bonds is 7. The molecule has 2 rings (SSSR count). The molecule has 1 saturated heterocycles. The van der Waals surface area contributed by atoms with Gasteiger partial charge in [0, 0.05) is 0 Å². The highest BCUT2D eigenvalue weighted by Gasteiger charge is 2.56. The summed E-state index contributed by atoms with van der Waals surface area (Å²) in [7, 11) is -1.99. The normalized spacial score (nSPS) is 27.3. The second-order valence-corrected chi connectivity index (χ2v) is 15.7. The van der Waals surface area contributed by atoms with E-state index in [-0.39, 0.29) is 10.6 Å². The Kier molecular flexibility index (Phi) is 7.48. The van der Waals surface area contributed by atoms with Crippen LogP contribution in [0.4, 0.5) is 0 Å². The van der Waals surface area contributed by atoms with Crippen molar-refractivity contribution in [1.82, 2.24) is 0 Å². The Balaban J connectivity index is 2.02. The number of hydrogen-bond donors (Lipinski definition) is 0. The van der Waals surface area contributed by atoms with Gasteiger partial charge in [0.1, 0.15) is 5.60 Å². The minimum Gasteiger partial charge on any atom is -0.398 e. The van der Waals surface area contributed by atoms with E-state index in [1.54, 1.807) is 0 Å². The van der Waals surface area contributed by atoms with E-state index in [1.807, 2.05) is 18.2 Å². The van der Waals surface area contributed by atoms with Crippen LogP contribution in [0.1, 0.15) is 67.7 Å². The predicted molar refractivity (Wildman–Crippen MR) is 123 cm³/mol. The molecular formula is C24H41NO4Si. The number of hydrogen-bond acceptors (Lipinski definition) is 5. The van der Waals surface area contributed by atoms with Crippen LogP contribution >= 0.6 is 0 Å². The topological polar surface area (TPSA) is 60.7 Å². The van der Waals surface area contributed by atoms with Crippen molar-refractivity contribution in [3.63, 3.8) is 0 Å².